The molecule has 8 nitrogen and oxygen atoms in total. The molecule has 1 fully saturated rings. The monoisotopic (exact) mass is 421 g/mol. The third-order valence-corrected chi connectivity index (χ3v) is 4.53. The van der Waals surface area contributed by atoms with Crippen molar-refractivity contribution in [3.8, 4) is 0 Å². The minimum absolute atomic E-state index is 0.189. The van der Waals surface area contributed by atoms with Gasteiger partial charge in [0.2, 0.25) is 5.91 Å². The second-order valence-electron chi connectivity index (χ2n) is 6.47. The molecule has 0 aliphatic carbocycles. The van der Waals surface area contributed by atoms with Gasteiger partial charge in [-0.1, -0.05) is 5.22 Å². The highest BCUT2D eigenvalue weighted by Crippen LogP contribution is 2.32. The molecule has 4 rings (SSSR count). The minimum atomic E-state index is -1.27. The number of halogens is 4. The van der Waals surface area contributed by atoms with Gasteiger partial charge in [0.1, 0.15) is 18.2 Å². The van der Waals surface area contributed by atoms with E-state index in [1.807, 2.05) is 0 Å². The van der Waals surface area contributed by atoms with Crippen molar-refractivity contribution in [2.24, 2.45) is 10.3 Å². The molecule has 0 unspecified atom stereocenters. The molecule has 1 saturated heterocycles. The molecule has 3 amide bonds. The number of benzene rings is 2. The molecule has 30 heavy (non-hydrogen) atoms. The Balaban J connectivity index is 1.50. The fraction of sp³-hybridized carbons (Fsp3) is 0.167. The Morgan fingerprint density at radius 2 is 1.73 bits per heavy atom. The standard InChI is InChI=1S/C18H11F4N5O3/c19-8-1-4-13(12(22)5-8)23-14(28)7-26-16-15(24-25-26)17(29)27(18(16)30)9-2-3-10(20)11(21)6-9/h1-6,15-16H,7H2,(H,23,28)/t15-,16+/m1/s1. The highest BCUT2D eigenvalue weighted by Gasteiger charge is 2.55. The summed E-state index contributed by atoms with van der Waals surface area (Å²) >= 11 is 0. The second-order valence-corrected chi connectivity index (χ2v) is 6.47. The molecule has 2 aromatic rings. The van der Waals surface area contributed by atoms with Crippen LogP contribution in [-0.2, 0) is 14.4 Å². The number of amides is 3. The first-order valence-electron chi connectivity index (χ1n) is 8.51. The van der Waals surface area contributed by atoms with Gasteiger partial charge in [0, 0.05) is 12.1 Å². The Labute approximate surface area is 165 Å². The van der Waals surface area contributed by atoms with Gasteiger partial charge in [0.25, 0.3) is 11.8 Å². The van der Waals surface area contributed by atoms with Crippen molar-refractivity contribution >= 4 is 29.1 Å². The van der Waals surface area contributed by atoms with E-state index in [1.54, 1.807) is 0 Å². The number of fused-ring (bicyclic) bond motifs is 1. The number of nitrogens with zero attached hydrogens (tertiary/aromatic N) is 4. The van der Waals surface area contributed by atoms with E-state index in [0.29, 0.717) is 17.0 Å². The van der Waals surface area contributed by atoms with Gasteiger partial charge < -0.3 is 5.32 Å². The Morgan fingerprint density at radius 1 is 0.967 bits per heavy atom. The summed E-state index contributed by atoms with van der Waals surface area (Å²) in [6, 6.07) is 2.53. The Hall–Kier alpha value is -3.83. The molecule has 2 aromatic carbocycles. The topological polar surface area (TPSA) is 94.4 Å². The largest absolute Gasteiger partial charge is 0.322 e. The van der Waals surface area contributed by atoms with E-state index < -0.39 is 59.6 Å². The number of rotatable bonds is 4. The fourth-order valence-electron chi connectivity index (χ4n) is 3.16. The predicted molar refractivity (Wildman–Crippen MR) is 93.0 cm³/mol. The molecule has 2 heterocycles. The van der Waals surface area contributed by atoms with E-state index in [9.17, 15) is 31.9 Å². The Bertz CT molecular complexity index is 1110. The van der Waals surface area contributed by atoms with Gasteiger partial charge in [-0.3, -0.25) is 19.4 Å². The molecule has 12 heteroatoms. The maximum atomic E-state index is 13.7. The van der Waals surface area contributed by atoms with Crippen molar-refractivity contribution in [3.63, 3.8) is 0 Å². The molecular formula is C18H11F4N5O3. The fourth-order valence-corrected chi connectivity index (χ4v) is 3.16. The number of anilines is 2. The predicted octanol–water partition coefficient (Wildman–Crippen LogP) is 2.17. The summed E-state index contributed by atoms with van der Waals surface area (Å²) in [6.07, 6.45) is 0. The number of nitrogens with one attached hydrogen (secondary N) is 1. The van der Waals surface area contributed by atoms with Gasteiger partial charge in [-0.05, 0) is 24.3 Å². The Kier molecular flexibility index (Phi) is 4.68. The average Bonchev–Trinajstić information content (AvgIpc) is 3.20. The third-order valence-electron chi connectivity index (χ3n) is 4.53. The van der Waals surface area contributed by atoms with E-state index >= 15 is 0 Å². The van der Waals surface area contributed by atoms with E-state index in [2.05, 4.69) is 15.7 Å². The van der Waals surface area contributed by atoms with Crippen LogP contribution in [0.15, 0.2) is 46.7 Å². The number of carbonyl (C=O) groups excluding carboxylic acids is 3. The molecular weight excluding hydrogens is 410 g/mol. The minimum Gasteiger partial charge on any atom is -0.322 e. The first-order valence-corrected chi connectivity index (χ1v) is 8.51. The lowest BCUT2D eigenvalue weighted by Gasteiger charge is -2.20. The second kappa shape index (κ2) is 7.21. The lowest BCUT2D eigenvalue weighted by Crippen LogP contribution is -2.43. The van der Waals surface area contributed by atoms with Crippen LogP contribution in [0.5, 0.6) is 0 Å². The van der Waals surface area contributed by atoms with Crippen molar-refractivity contribution in [1.82, 2.24) is 5.01 Å². The van der Waals surface area contributed by atoms with Gasteiger partial charge in [-0.15, -0.1) is 0 Å². The first kappa shape index (κ1) is 19.5. The lowest BCUT2D eigenvalue weighted by molar-refractivity contribution is -0.123. The average molecular weight is 421 g/mol. The number of carbonyl (C=O) groups is 3. The van der Waals surface area contributed by atoms with Crippen LogP contribution in [0.1, 0.15) is 0 Å². The molecule has 1 N–H and O–H groups in total. The van der Waals surface area contributed by atoms with Crippen molar-refractivity contribution in [2.45, 2.75) is 12.1 Å². The summed E-state index contributed by atoms with van der Waals surface area (Å²) in [5.74, 6) is -6.66. The molecule has 0 radical (unpaired) electrons. The summed E-state index contributed by atoms with van der Waals surface area (Å²) in [5.41, 5.74) is -0.474. The molecule has 2 aliphatic rings. The van der Waals surface area contributed by atoms with Crippen molar-refractivity contribution in [2.75, 3.05) is 16.8 Å². The molecule has 154 valence electrons. The highest BCUT2D eigenvalue weighted by atomic mass is 19.2. The maximum absolute atomic E-state index is 13.7. The van der Waals surface area contributed by atoms with Crippen molar-refractivity contribution < 1.29 is 31.9 Å². The van der Waals surface area contributed by atoms with Gasteiger partial charge in [0.05, 0.1) is 11.4 Å². The van der Waals surface area contributed by atoms with Gasteiger partial charge >= 0.3 is 0 Å². The molecule has 2 aliphatic heterocycles. The van der Waals surface area contributed by atoms with Crippen LogP contribution in [-0.4, -0.2) is 41.4 Å². The van der Waals surface area contributed by atoms with E-state index in [1.165, 1.54) is 0 Å². The van der Waals surface area contributed by atoms with Crippen LogP contribution in [0.4, 0.5) is 28.9 Å². The molecule has 2 atom stereocenters. The first-order chi connectivity index (χ1) is 14.3. The van der Waals surface area contributed by atoms with Gasteiger partial charge in [0.15, 0.2) is 23.7 Å². The van der Waals surface area contributed by atoms with E-state index in [-0.39, 0.29) is 11.4 Å². The summed E-state index contributed by atoms with van der Waals surface area (Å²) in [5, 5.41) is 10.5. The number of hydrogen-bond donors (Lipinski definition) is 1. The SMILES string of the molecule is O=C(CN1N=N[C@H]2C(=O)N(c3ccc(F)c(F)c3)C(=O)[C@H]21)Nc1ccc(F)cc1F. The van der Waals surface area contributed by atoms with Crippen LogP contribution in [0, 0.1) is 23.3 Å². The van der Waals surface area contributed by atoms with E-state index in [4.69, 9.17) is 0 Å². The zero-order valence-electron chi connectivity index (χ0n) is 14.9. The lowest BCUT2D eigenvalue weighted by atomic mass is 10.1. The van der Waals surface area contributed by atoms with Crippen molar-refractivity contribution in [3.05, 3.63) is 59.7 Å². The quantitative estimate of drug-likeness (QED) is 0.605. The normalized spacial score (nSPS) is 20.1. The maximum Gasteiger partial charge on any atom is 0.263 e. The van der Waals surface area contributed by atoms with Crippen LogP contribution in [0.3, 0.4) is 0 Å². The zero-order valence-corrected chi connectivity index (χ0v) is 14.9. The summed E-state index contributed by atoms with van der Waals surface area (Å²) in [4.78, 5) is 38.1. The van der Waals surface area contributed by atoms with E-state index in [0.717, 1.165) is 29.3 Å². The molecule has 0 bridgehead atoms. The van der Waals surface area contributed by atoms with Crippen LogP contribution < -0.4 is 10.2 Å². The summed E-state index contributed by atoms with van der Waals surface area (Å²) in [7, 11) is 0. The molecule has 0 spiro atoms. The third kappa shape index (κ3) is 3.25. The zero-order chi connectivity index (χ0) is 21.6. The summed E-state index contributed by atoms with van der Waals surface area (Å²) in [6.45, 7) is -0.563. The highest BCUT2D eigenvalue weighted by molar-refractivity contribution is 6.25. The molecule has 0 saturated carbocycles. The number of hydrogen-bond acceptors (Lipinski definition) is 6. The van der Waals surface area contributed by atoms with Gasteiger partial charge in [-0.25, -0.2) is 22.5 Å². The van der Waals surface area contributed by atoms with Crippen molar-refractivity contribution in [1.29, 1.82) is 0 Å². The van der Waals surface area contributed by atoms with Crippen LogP contribution >= 0.6 is 0 Å². The molecule has 0 aromatic heterocycles. The van der Waals surface area contributed by atoms with Gasteiger partial charge in [-0.2, -0.15) is 5.11 Å². The van der Waals surface area contributed by atoms with Crippen LogP contribution in [0.2, 0.25) is 0 Å². The Morgan fingerprint density at radius 3 is 2.43 bits per heavy atom. The number of imide groups is 1. The summed E-state index contributed by atoms with van der Waals surface area (Å²) < 4.78 is 53.3. The smallest absolute Gasteiger partial charge is 0.263 e. The van der Waals surface area contributed by atoms with Crippen LogP contribution in [0.25, 0.3) is 0 Å².